The molecule has 19 heavy (non-hydrogen) atoms. The Balaban J connectivity index is 2.37. The second-order valence-corrected chi connectivity index (χ2v) is 4.90. The Morgan fingerprint density at radius 3 is 2.74 bits per heavy atom. The van der Waals surface area contributed by atoms with Gasteiger partial charge in [-0.25, -0.2) is 4.39 Å². The van der Waals surface area contributed by atoms with E-state index in [9.17, 15) is 4.39 Å². The lowest BCUT2D eigenvalue weighted by molar-refractivity contribution is 0.121. The van der Waals surface area contributed by atoms with Gasteiger partial charge in [-0.3, -0.25) is 0 Å². The summed E-state index contributed by atoms with van der Waals surface area (Å²) in [5.41, 5.74) is 7.61. The molecule has 0 spiro atoms. The van der Waals surface area contributed by atoms with E-state index in [0.717, 1.165) is 38.3 Å². The van der Waals surface area contributed by atoms with Crippen LogP contribution in [0, 0.1) is 12.7 Å². The summed E-state index contributed by atoms with van der Waals surface area (Å²) in [6.07, 6.45) is 0.811. The van der Waals surface area contributed by atoms with Gasteiger partial charge in [0.15, 0.2) is 0 Å². The number of benzene rings is 1. The number of rotatable bonds is 8. The van der Waals surface area contributed by atoms with E-state index in [1.807, 2.05) is 20.0 Å². The van der Waals surface area contributed by atoms with Crippen LogP contribution >= 0.6 is 0 Å². The molecule has 3 nitrogen and oxygen atoms in total. The van der Waals surface area contributed by atoms with Crippen LogP contribution in [0.25, 0.3) is 0 Å². The third-order valence-electron chi connectivity index (χ3n) is 3.27. The van der Waals surface area contributed by atoms with Crippen molar-refractivity contribution in [3.8, 4) is 0 Å². The maximum Gasteiger partial charge on any atom is 0.126 e. The van der Waals surface area contributed by atoms with E-state index in [2.05, 4.69) is 4.90 Å². The van der Waals surface area contributed by atoms with Gasteiger partial charge in [0.2, 0.25) is 0 Å². The lowest BCUT2D eigenvalue weighted by Crippen LogP contribution is -2.27. The third kappa shape index (κ3) is 5.68. The van der Waals surface area contributed by atoms with Gasteiger partial charge in [0.25, 0.3) is 0 Å². The molecule has 0 aliphatic carbocycles. The third-order valence-corrected chi connectivity index (χ3v) is 3.27. The quantitative estimate of drug-likeness (QED) is 0.736. The normalized spacial score (nSPS) is 12.9. The van der Waals surface area contributed by atoms with E-state index in [4.69, 9.17) is 10.5 Å². The van der Waals surface area contributed by atoms with Crippen molar-refractivity contribution in [1.29, 1.82) is 0 Å². The highest BCUT2D eigenvalue weighted by Crippen LogP contribution is 2.17. The monoisotopic (exact) mass is 268 g/mol. The topological polar surface area (TPSA) is 38.5 Å². The fourth-order valence-corrected chi connectivity index (χ4v) is 1.84. The van der Waals surface area contributed by atoms with Crippen LogP contribution in [0.2, 0.25) is 0 Å². The van der Waals surface area contributed by atoms with E-state index < -0.39 is 0 Å². The van der Waals surface area contributed by atoms with Crippen molar-refractivity contribution in [3.05, 3.63) is 35.1 Å². The summed E-state index contributed by atoms with van der Waals surface area (Å²) in [5.74, 6) is -0.183. The van der Waals surface area contributed by atoms with Crippen LogP contribution in [0.15, 0.2) is 18.2 Å². The molecule has 0 saturated carbocycles. The lowest BCUT2D eigenvalue weighted by Gasteiger charge is -2.19. The first-order valence-electron chi connectivity index (χ1n) is 6.82. The summed E-state index contributed by atoms with van der Waals surface area (Å²) in [7, 11) is 2.04. The molecule has 0 heterocycles. The molecule has 1 unspecified atom stereocenters. The molecule has 1 aromatic rings. The Kier molecular flexibility index (Phi) is 6.99. The maximum absolute atomic E-state index is 13.5. The van der Waals surface area contributed by atoms with Crippen LogP contribution in [-0.4, -0.2) is 38.3 Å². The predicted octanol–water partition coefficient (Wildman–Crippen LogP) is 2.49. The molecule has 0 amide bonds. The van der Waals surface area contributed by atoms with Gasteiger partial charge < -0.3 is 15.4 Å². The number of ether oxygens (including phenoxy) is 1. The molecule has 0 aliphatic heterocycles. The number of hydrogen-bond donors (Lipinski definition) is 1. The predicted molar refractivity (Wildman–Crippen MR) is 76.7 cm³/mol. The Morgan fingerprint density at radius 2 is 2.11 bits per heavy atom. The van der Waals surface area contributed by atoms with Crippen molar-refractivity contribution < 1.29 is 9.13 Å². The van der Waals surface area contributed by atoms with Gasteiger partial charge in [-0.2, -0.15) is 0 Å². The average molecular weight is 268 g/mol. The minimum atomic E-state index is -0.183. The molecule has 2 N–H and O–H groups in total. The highest BCUT2D eigenvalue weighted by Gasteiger charge is 2.09. The van der Waals surface area contributed by atoms with Crippen molar-refractivity contribution in [2.75, 3.05) is 33.4 Å². The zero-order valence-electron chi connectivity index (χ0n) is 12.2. The summed E-state index contributed by atoms with van der Waals surface area (Å²) < 4.78 is 18.8. The molecule has 108 valence electrons. The molecule has 0 radical (unpaired) electrons. The Morgan fingerprint density at radius 1 is 1.37 bits per heavy atom. The van der Waals surface area contributed by atoms with Crippen LogP contribution in [0.5, 0.6) is 0 Å². The molecular weight excluding hydrogens is 243 g/mol. The fourth-order valence-electron chi connectivity index (χ4n) is 1.84. The number of nitrogens with zero attached hydrogens (tertiary/aromatic N) is 1. The molecule has 4 heteroatoms. The zero-order chi connectivity index (χ0) is 14.3. The van der Waals surface area contributed by atoms with Gasteiger partial charge in [0, 0.05) is 19.2 Å². The molecule has 0 aromatic heterocycles. The van der Waals surface area contributed by atoms with Crippen molar-refractivity contribution in [3.63, 3.8) is 0 Å². The SMILES string of the molecule is CCOCCN(C)CCC(N)c1ccc(C)c(F)c1. The van der Waals surface area contributed by atoms with Crippen LogP contribution in [0.4, 0.5) is 4.39 Å². The van der Waals surface area contributed by atoms with Crippen LogP contribution in [-0.2, 0) is 4.74 Å². The van der Waals surface area contributed by atoms with Crippen LogP contribution in [0.1, 0.15) is 30.5 Å². The van der Waals surface area contributed by atoms with E-state index in [-0.39, 0.29) is 11.9 Å². The standard InChI is InChI=1S/C15H25FN2O/c1-4-19-10-9-18(3)8-7-15(17)13-6-5-12(2)14(16)11-13/h5-6,11,15H,4,7-10,17H2,1-3H3. The Labute approximate surface area is 115 Å². The smallest absolute Gasteiger partial charge is 0.126 e. The molecule has 0 bridgehead atoms. The summed E-state index contributed by atoms with van der Waals surface area (Å²) >= 11 is 0. The van der Waals surface area contributed by atoms with E-state index in [1.54, 1.807) is 19.1 Å². The first-order valence-corrected chi connectivity index (χ1v) is 6.82. The largest absolute Gasteiger partial charge is 0.380 e. The second kappa shape index (κ2) is 8.25. The fraction of sp³-hybridized carbons (Fsp3) is 0.600. The summed E-state index contributed by atoms with van der Waals surface area (Å²) in [5, 5.41) is 0. The lowest BCUT2D eigenvalue weighted by atomic mass is 10.0. The summed E-state index contributed by atoms with van der Waals surface area (Å²) in [6.45, 7) is 7.00. The van der Waals surface area contributed by atoms with Gasteiger partial charge in [-0.05, 0) is 51.1 Å². The number of aryl methyl sites for hydroxylation is 1. The first kappa shape index (κ1) is 16.1. The van der Waals surface area contributed by atoms with Gasteiger partial charge in [0.05, 0.1) is 6.61 Å². The van der Waals surface area contributed by atoms with Crippen molar-refractivity contribution in [1.82, 2.24) is 4.90 Å². The zero-order valence-corrected chi connectivity index (χ0v) is 12.2. The number of likely N-dealkylation sites (N-methyl/N-ethyl adjacent to an activating group) is 1. The highest BCUT2D eigenvalue weighted by molar-refractivity contribution is 5.25. The number of halogens is 1. The molecule has 0 fully saturated rings. The van der Waals surface area contributed by atoms with Gasteiger partial charge >= 0.3 is 0 Å². The molecule has 1 rings (SSSR count). The Hall–Kier alpha value is -0.970. The van der Waals surface area contributed by atoms with Gasteiger partial charge in [-0.1, -0.05) is 12.1 Å². The summed E-state index contributed by atoms with van der Waals surface area (Å²) in [6, 6.07) is 5.11. The van der Waals surface area contributed by atoms with Gasteiger partial charge in [0.1, 0.15) is 5.82 Å². The van der Waals surface area contributed by atoms with E-state index in [0.29, 0.717) is 5.56 Å². The molecule has 1 atom stereocenters. The van der Waals surface area contributed by atoms with E-state index in [1.165, 1.54) is 0 Å². The minimum absolute atomic E-state index is 0.121. The van der Waals surface area contributed by atoms with Crippen molar-refractivity contribution in [2.45, 2.75) is 26.3 Å². The molecule has 0 saturated heterocycles. The molecule has 0 aliphatic rings. The highest BCUT2D eigenvalue weighted by atomic mass is 19.1. The minimum Gasteiger partial charge on any atom is -0.380 e. The molecule has 1 aromatic carbocycles. The summed E-state index contributed by atoms with van der Waals surface area (Å²) in [4.78, 5) is 2.18. The number of hydrogen-bond acceptors (Lipinski definition) is 3. The van der Waals surface area contributed by atoms with Crippen molar-refractivity contribution in [2.24, 2.45) is 5.73 Å². The first-order chi connectivity index (χ1) is 9.04. The van der Waals surface area contributed by atoms with Gasteiger partial charge in [-0.15, -0.1) is 0 Å². The second-order valence-electron chi connectivity index (χ2n) is 4.90. The molecular formula is C15H25FN2O. The van der Waals surface area contributed by atoms with Crippen molar-refractivity contribution >= 4 is 0 Å². The van der Waals surface area contributed by atoms with Crippen LogP contribution in [0.3, 0.4) is 0 Å². The Bertz CT molecular complexity index is 384. The van der Waals surface area contributed by atoms with Crippen LogP contribution < -0.4 is 5.73 Å². The van der Waals surface area contributed by atoms with E-state index >= 15 is 0 Å². The average Bonchev–Trinajstić information content (AvgIpc) is 2.39. The maximum atomic E-state index is 13.5. The number of nitrogens with two attached hydrogens (primary N) is 1.